The molecule has 4 rings (SSSR count). The summed E-state index contributed by atoms with van der Waals surface area (Å²) >= 11 is 0. The molecule has 1 atom stereocenters. The van der Waals surface area contributed by atoms with Gasteiger partial charge in [0.1, 0.15) is 5.54 Å². The first-order valence-corrected chi connectivity index (χ1v) is 9.64. The fourth-order valence-electron chi connectivity index (χ4n) is 4.36. The zero-order chi connectivity index (χ0) is 18.7. The third-order valence-corrected chi connectivity index (χ3v) is 5.71. The van der Waals surface area contributed by atoms with Gasteiger partial charge in [-0.05, 0) is 44.4 Å². The van der Waals surface area contributed by atoms with E-state index in [1.807, 2.05) is 35.2 Å². The summed E-state index contributed by atoms with van der Waals surface area (Å²) in [6.45, 7) is 3.48. The quantitative estimate of drug-likeness (QED) is 0.777. The lowest BCUT2D eigenvalue weighted by atomic mass is 9.85. The molecule has 1 aromatic heterocycles. The van der Waals surface area contributed by atoms with Gasteiger partial charge in [-0.25, -0.2) is 0 Å². The Morgan fingerprint density at radius 2 is 1.96 bits per heavy atom. The van der Waals surface area contributed by atoms with E-state index in [0.29, 0.717) is 31.4 Å². The number of carbonyl (C=O) groups is 1. The van der Waals surface area contributed by atoms with Crippen molar-refractivity contribution in [2.75, 3.05) is 33.4 Å². The number of piperidine rings is 1. The van der Waals surface area contributed by atoms with Crippen molar-refractivity contribution in [3.05, 3.63) is 36.2 Å². The van der Waals surface area contributed by atoms with Gasteiger partial charge in [-0.2, -0.15) is 4.98 Å². The fourth-order valence-corrected chi connectivity index (χ4v) is 4.36. The molecule has 7 heteroatoms. The Balaban J connectivity index is 1.50. The number of ether oxygens (including phenoxy) is 1. The van der Waals surface area contributed by atoms with Crippen molar-refractivity contribution in [2.45, 2.75) is 37.8 Å². The summed E-state index contributed by atoms with van der Waals surface area (Å²) in [5.41, 5.74) is 0.492. The van der Waals surface area contributed by atoms with Crippen molar-refractivity contribution < 1.29 is 14.1 Å². The van der Waals surface area contributed by atoms with Crippen molar-refractivity contribution in [3.63, 3.8) is 0 Å². The number of carbonyl (C=O) groups excluding carboxylic acids is 1. The Bertz CT molecular complexity index is 779. The average molecular weight is 370 g/mol. The summed E-state index contributed by atoms with van der Waals surface area (Å²) in [7, 11) is 1.67. The molecule has 0 radical (unpaired) electrons. The van der Waals surface area contributed by atoms with Gasteiger partial charge in [-0.1, -0.05) is 23.4 Å². The Labute approximate surface area is 159 Å². The zero-order valence-corrected chi connectivity index (χ0v) is 15.8. The van der Waals surface area contributed by atoms with E-state index >= 15 is 0 Å². The lowest BCUT2D eigenvalue weighted by molar-refractivity contribution is -0.148. The van der Waals surface area contributed by atoms with Crippen molar-refractivity contribution in [2.24, 2.45) is 0 Å². The number of hydrogen-bond donors (Lipinski definition) is 0. The number of nitrogens with zero attached hydrogens (tertiary/aromatic N) is 4. The average Bonchev–Trinajstić information content (AvgIpc) is 3.32. The Morgan fingerprint density at radius 1 is 1.19 bits per heavy atom. The Kier molecular flexibility index (Phi) is 5.22. The van der Waals surface area contributed by atoms with Gasteiger partial charge in [-0.15, -0.1) is 0 Å². The molecule has 144 valence electrons. The van der Waals surface area contributed by atoms with Crippen LogP contribution in [0.5, 0.6) is 0 Å². The van der Waals surface area contributed by atoms with E-state index in [2.05, 4.69) is 15.0 Å². The van der Waals surface area contributed by atoms with Gasteiger partial charge in [0.2, 0.25) is 5.91 Å². The molecule has 1 spiro atoms. The van der Waals surface area contributed by atoms with Crippen LogP contribution in [0.15, 0.2) is 34.9 Å². The largest absolute Gasteiger partial charge is 0.383 e. The van der Waals surface area contributed by atoms with Crippen LogP contribution in [0.1, 0.15) is 31.5 Å². The highest BCUT2D eigenvalue weighted by Gasteiger charge is 2.50. The summed E-state index contributed by atoms with van der Waals surface area (Å²) < 4.78 is 10.6. The molecule has 0 N–H and O–H groups in total. The predicted molar refractivity (Wildman–Crippen MR) is 99.8 cm³/mol. The van der Waals surface area contributed by atoms with Crippen LogP contribution in [-0.4, -0.2) is 64.7 Å². The summed E-state index contributed by atoms with van der Waals surface area (Å²) in [5, 5.41) is 4.16. The van der Waals surface area contributed by atoms with Gasteiger partial charge in [0.05, 0.1) is 13.2 Å². The minimum atomic E-state index is -0.417. The molecule has 2 aromatic rings. The van der Waals surface area contributed by atoms with E-state index in [-0.39, 0.29) is 5.91 Å². The van der Waals surface area contributed by atoms with Crippen LogP contribution in [0.4, 0.5) is 0 Å². The lowest BCUT2D eigenvalue weighted by Gasteiger charge is -2.44. The molecule has 1 unspecified atom stereocenters. The summed E-state index contributed by atoms with van der Waals surface area (Å²) in [4.78, 5) is 22.0. The molecule has 2 fully saturated rings. The van der Waals surface area contributed by atoms with Gasteiger partial charge < -0.3 is 14.2 Å². The second-order valence-electron chi connectivity index (χ2n) is 7.33. The highest BCUT2D eigenvalue weighted by molar-refractivity contribution is 5.87. The van der Waals surface area contributed by atoms with Gasteiger partial charge in [-0.3, -0.25) is 9.69 Å². The van der Waals surface area contributed by atoms with Crippen LogP contribution >= 0.6 is 0 Å². The highest BCUT2D eigenvalue weighted by Crippen LogP contribution is 2.39. The molecule has 0 saturated carbocycles. The monoisotopic (exact) mass is 370 g/mol. The van der Waals surface area contributed by atoms with Crippen molar-refractivity contribution >= 4 is 5.91 Å². The Morgan fingerprint density at radius 3 is 2.74 bits per heavy atom. The van der Waals surface area contributed by atoms with E-state index in [9.17, 15) is 4.79 Å². The van der Waals surface area contributed by atoms with Crippen LogP contribution in [-0.2, 0) is 16.1 Å². The van der Waals surface area contributed by atoms with Crippen molar-refractivity contribution in [1.82, 2.24) is 19.9 Å². The smallest absolute Gasteiger partial charge is 0.257 e. The van der Waals surface area contributed by atoms with Gasteiger partial charge >= 0.3 is 0 Å². The first-order chi connectivity index (χ1) is 13.2. The second-order valence-corrected chi connectivity index (χ2v) is 7.33. The van der Waals surface area contributed by atoms with E-state index in [0.717, 1.165) is 44.3 Å². The number of benzene rings is 1. The highest BCUT2D eigenvalue weighted by atomic mass is 16.5. The van der Waals surface area contributed by atoms with E-state index in [4.69, 9.17) is 9.26 Å². The molecule has 0 bridgehead atoms. The standard InChI is InChI=1S/C20H26N4O3/c1-26-14-13-23-11-5-9-20(19(23)25)10-6-12-24(20)15-17-21-18(27-22-17)16-7-3-2-4-8-16/h2-4,7-8H,5-6,9-15H2,1H3. The molecule has 2 aliphatic heterocycles. The van der Waals surface area contributed by atoms with E-state index < -0.39 is 5.54 Å². The van der Waals surface area contributed by atoms with Crippen LogP contribution < -0.4 is 0 Å². The fraction of sp³-hybridized carbons (Fsp3) is 0.550. The number of rotatable bonds is 6. The van der Waals surface area contributed by atoms with Crippen LogP contribution in [0.2, 0.25) is 0 Å². The van der Waals surface area contributed by atoms with E-state index in [1.165, 1.54) is 0 Å². The zero-order valence-electron chi connectivity index (χ0n) is 15.8. The molecule has 1 amide bonds. The normalized spacial score (nSPS) is 23.4. The van der Waals surface area contributed by atoms with Gasteiger partial charge in [0.15, 0.2) is 5.82 Å². The first kappa shape index (κ1) is 18.1. The third-order valence-electron chi connectivity index (χ3n) is 5.71. The maximum absolute atomic E-state index is 13.2. The molecular weight excluding hydrogens is 344 g/mol. The molecule has 27 heavy (non-hydrogen) atoms. The molecule has 2 saturated heterocycles. The number of likely N-dealkylation sites (tertiary alicyclic amines) is 2. The van der Waals surface area contributed by atoms with Crippen LogP contribution in [0.3, 0.4) is 0 Å². The number of hydrogen-bond acceptors (Lipinski definition) is 6. The number of aromatic nitrogens is 2. The molecular formula is C20H26N4O3. The molecule has 2 aliphatic rings. The first-order valence-electron chi connectivity index (χ1n) is 9.64. The Hall–Kier alpha value is -2.25. The SMILES string of the molecule is COCCN1CCCC2(CCCN2Cc2noc(-c3ccccc3)n2)C1=O. The van der Waals surface area contributed by atoms with Crippen LogP contribution in [0.25, 0.3) is 11.5 Å². The van der Waals surface area contributed by atoms with Crippen molar-refractivity contribution in [3.8, 4) is 11.5 Å². The molecule has 7 nitrogen and oxygen atoms in total. The number of methoxy groups -OCH3 is 1. The van der Waals surface area contributed by atoms with E-state index in [1.54, 1.807) is 7.11 Å². The molecule has 0 aliphatic carbocycles. The summed E-state index contributed by atoms with van der Waals surface area (Å²) in [6, 6.07) is 9.76. The number of amides is 1. The minimum Gasteiger partial charge on any atom is -0.383 e. The minimum absolute atomic E-state index is 0.232. The lowest BCUT2D eigenvalue weighted by Crippen LogP contribution is -2.60. The van der Waals surface area contributed by atoms with Gasteiger partial charge in [0, 0.05) is 25.8 Å². The van der Waals surface area contributed by atoms with Crippen LogP contribution in [0, 0.1) is 0 Å². The second kappa shape index (κ2) is 7.78. The summed E-state index contributed by atoms with van der Waals surface area (Å²) in [5.74, 6) is 1.39. The maximum atomic E-state index is 13.2. The molecule has 1 aromatic carbocycles. The maximum Gasteiger partial charge on any atom is 0.257 e. The van der Waals surface area contributed by atoms with Gasteiger partial charge in [0.25, 0.3) is 5.89 Å². The third kappa shape index (κ3) is 3.49. The summed E-state index contributed by atoms with van der Waals surface area (Å²) in [6.07, 6.45) is 3.85. The predicted octanol–water partition coefficient (Wildman–Crippen LogP) is 2.34. The molecule has 3 heterocycles. The topological polar surface area (TPSA) is 71.7 Å². The van der Waals surface area contributed by atoms with Crippen molar-refractivity contribution in [1.29, 1.82) is 0 Å².